The Balaban J connectivity index is 1.49. The van der Waals surface area contributed by atoms with Crippen LogP contribution in [-0.4, -0.2) is 28.9 Å². The summed E-state index contributed by atoms with van der Waals surface area (Å²) in [7, 11) is 0. The van der Waals surface area contributed by atoms with Gasteiger partial charge in [0, 0.05) is 31.2 Å². The van der Waals surface area contributed by atoms with Gasteiger partial charge in [-0.1, -0.05) is 54.6 Å². The molecular formula is C25H25N3O. The highest BCUT2D eigenvalue weighted by Crippen LogP contribution is 2.45. The number of nitrogens with one attached hydrogen (secondary N) is 1. The van der Waals surface area contributed by atoms with Crippen LogP contribution in [0.25, 0.3) is 0 Å². The fourth-order valence-corrected chi connectivity index (χ4v) is 5.07. The van der Waals surface area contributed by atoms with Gasteiger partial charge in [-0.25, -0.2) is 0 Å². The average Bonchev–Trinajstić information content (AvgIpc) is 3.23. The third-order valence-electron chi connectivity index (χ3n) is 6.53. The number of carbonyl (C=O) groups is 1. The van der Waals surface area contributed by atoms with Crippen LogP contribution >= 0.6 is 0 Å². The second-order valence-corrected chi connectivity index (χ2v) is 8.21. The number of pyridine rings is 1. The SMILES string of the molecule is O=C1Nc2ccccc2CC1(c1ccccc1)[C@@H]1CCN(Cc2cccnc2)C1. The number of benzene rings is 2. The van der Waals surface area contributed by atoms with Crippen LogP contribution in [0.3, 0.4) is 0 Å². The molecule has 1 aromatic heterocycles. The largest absolute Gasteiger partial charge is 0.325 e. The minimum atomic E-state index is -0.528. The van der Waals surface area contributed by atoms with Crippen LogP contribution in [0.5, 0.6) is 0 Å². The fourth-order valence-electron chi connectivity index (χ4n) is 5.07. The summed E-state index contributed by atoms with van der Waals surface area (Å²) in [4.78, 5) is 20.3. The van der Waals surface area contributed by atoms with Gasteiger partial charge in [0.2, 0.25) is 5.91 Å². The summed E-state index contributed by atoms with van der Waals surface area (Å²) < 4.78 is 0. The molecule has 1 saturated heterocycles. The van der Waals surface area contributed by atoms with Crippen molar-refractivity contribution in [1.29, 1.82) is 0 Å². The van der Waals surface area contributed by atoms with E-state index in [1.165, 1.54) is 11.1 Å². The number of para-hydroxylation sites is 1. The molecule has 5 rings (SSSR count). The molecule has 2 aromatic carbocycles. The summed E-state index contributed by atoms with van der Waals surface area (Å²) in [6.07, 6.45) is 5.52. The first kappa shape index (κ1) is 18.1. The van der Waals surface area contributed by atoms with Crippen molar-refractivity contribution >= 4 is 11.6 Å². The van der Waals surface area contributed by atoms with Crippen molar-refractivity contribution in [2.75, 3.05) is 18.4 Å². The first-order valence-electron chi connectivity index (χ1n) is 10.3. The van der Waals surface area contributed by atoms with E-state index in [4.69, 9.17) is 0 Å². The monoisotopic (exact) mass is 383 g/mol. The lowest BCUT2D eigenvalue weighted by atomic mass is 9.64. The molecular weight excluding hydrogens is 358 g/mol. The molecule has 1 fully saturated rings. The summed E-state index contributed by atoms with van der Waals surface area (Å²) in [6, 6.07) is 22.7. The molecule has 1 N–H and O–H groups in total. The Morgan fingerprint density at radius 2 is 1.86 bits per heavy atom. The summed E-state index contributed by atoms with van der Waals surface area (Å²) in [5.74, 6) is 0.408. The quantitative estimate of drug-likeness (QED) is 0.740. The van der Waals surface area contributed by atoms with E-state index in [2.05, 4.69) is 45.5 Å². The van der Waals surface area contributed by atoms with E-state index in [0.717, 1.165) is 43.7 Å². The molecule has 0 aliphatic carbocycles. The van der Waals surface area contributed by atoms with Gasteiger partial charge in [-0.2, -0.15) is 0 Å². The molecule has 4 nitrogen and oxygen atoms in total. The highest BCUT2D eigenvalue weighted by atomic mass is 16.2. The molecule has 0 spiro atoms. The Morgan fingerprint density at radius 1 is 1.03 bits per heavy atom. The number of fused-ring (bicyclic) bond motifs is 1. The Hall–Kier alpha value is -2.98. The minimum Gasteiger partial charge on any atom is -0.325 e. The van der Waals surface area contributed by atoms with E-state index >= 15 is 0 Å². The van der Waals surface area contributed by atoms with E-state index in [9.17, 15) is 4.79 Å². The average molecular weight is 383 g/mol. The highest BCUT2D eigenvalue weighted by molar-refractivity contribution is 6.02. The first-order valence-corrected chi connectivity index (χ1v) is 10.3. The van der Waals surface area contributed by atoms with Gasteiger partial charge in [-0.05, 0) is 54.1 Å². The van der Waals surface area contributed by atoms with E-state index < -0.39 is 5.41 Å². The van der Waals surface area contributed by atoms with E-state index in [1.807, 2.05) is 48.8 Å². The molecule has 1 unspecified atom stereocenters. The van der Waals surface area contributed by atoms with Crippen LogP contribution < -0.4 is 5.32 Å². The molecule has 3 aromatic rings. The van der Waals surface area contributed by atoms with Gasteiger partial charge < -0.3 is 5.32 Å². The van der Waals surface area contributed by atoms with Crippen molar-refractivity contribution in [3.63, 3.8) is 0 Å². The molecule has 3 heterocycles. The molecule has 1 amide bonds. The lowest BCUT2D eigenvalue weighted by Gasteiger charge is -2.42. The minimum absolute atomic E-state index is 0.135. The van der Waals surface area contributed by atoms with Gasteiger partial charge in [-0.3, -0.25) is 14.7 Å². The van der Waals surface area contributed by atoms with Gasteiger partial charge in [0.05, 0.1) is 5.41 Å². The van der Waals surface area contributed by atoms with E-state index in [1.54, 1.807) is 0 Å². The number of nitrogens with zero attached hydrogens (tertiary/aromatic N) is 2. The zero-order valence-corrected chi connectivity index (χ0v) is 16.4. The molecule has 2 atom stereocenters. The highest BCUT2D eigenvalue weighted by Gasteiger charge is 2.51. The van der Waals surface area contributed by atoms with Crippen molar-refractivity contribution in [1.82, 2.24) is 9.88 Å². The second kappa shape index (κ2) is 7.45. The molecule has 4 heteroatoms. The number of hydrogen-bond acceptors (Lipinski definition) is 3. The van der Waals surface area contributed by atoms with Crippen molar-refractivity contribution in [3.8, 4) is 0 Å². The third kappa shape index (κ3) is 3.23. The number of hydrogen-bond donors (Lipinski definition) is 1. The van der Waals surface area contributed by atoms with Crippen LogP contribution in [-0.2, 0) is 23.2 Å². The zero-order chi connectivity index (χ0) is 19.7. The van der Waals surface area contributed by atoms with E-state index in [-0.39, 0.29) is 11.8 Å². The smallest absolute Gasteiger partial charge is 0.235 e. The molecule has 2 aliphatic heterocycles. The summed E-state index contributed by atoms with van der Waals surface area (Å²) in [5.41, 5.74) is 4.00. The maximum absolute atomic E-state index is 13.6. The molecule has 0 bridgehead atoms. The summed E-state index contributed by atoms with van der Waals surface area (Å²) in [5, 5.41) is 3.22. The number of carbonyl (C=O) groups excluding carboxylic acids is 1. The Morgan fingerprint density at radius 3 is 2.69 bits per heavy atom. The maximum atomic E-state index is 13.6. The lowest BCUT2D eigenvalue weighted by Crippen LogP contribution is -2.51. The Bertz CT molecular complexity index is 1000. The number of amides is 1. The van der Waals surface area contributed by atoms with Gasteiger partial charge in [0.1, 0.15) is 0 Å². The predicted octanol–water partition coefficient (Wildman–Crippen LogP) is 4.04. The lowest BCUT2D eigenvalue weighted by molar-refractivity contribution is -0.124. The predicted molar refractivity (Wildman–Crippen MR) is 115 cm³/mol. The Labute approximate surface area is 171 Å². The van der Waals surface area contributed by atoms with Gasteiger partial charge in [0.25, 0.3) is 0 Å². The van der Waals surface area contributed by atoms with Crippen LogP contribution in [0.15, 0.2) is 79.1 Å². The Kier molecular flexibility index (Phi) is 4.64. The summed E-state index contributed by atoms with van der Waals surface area (Å²) >= 11 is 0. The van der Waals surface area contributed by atoms with Crippen molar-refractivity contribution in [2.45, 2.75) is 24.8 Å². The molecule has 0 radical (unpaired) electrons. The maximum Gasteiger partial charge on any atom is 0.235 e. The number of aromatic nitrogens is 1. The molecule has 29 heavy (non-hydrogen) atoms. The van der Waals surface area contributed by atoms with Gasteiger partial charge in [-0.15, -0.1) is 0 Å². The molecule has 2 aliphatic rings. The van der Waals surface area contributed by atoms with Crippen molar-refractivity contribution in [3.05, 3.63) is 95.8 Å². The van der Waals surface area contributed by atoms with Gasteiger partial charge in [0.15, 0.2) is 0 Å². The van der Waals surface area contributed by atoms with Gasteiger partial charge >= 0.3 is 0 Å². The number of anilines is 1. The first-order chi connectivity index (χ1) is 14.3. The molecule has 146 valence electrons. The van der Waals surface area contributed by atoms with Crippen LogP contribution in [0.2, 0.25) is 0 Å². The van der Waals surface area contributed by atoms with Crippen molar-refractivity contribution < 1.29 is 4.79 Å². The van der Waals surface area contributed by atoms with Crippen LogP contribution in [0, 0.1) is 5.92 Å². The topological polar surface area (TPSA) is 45.2 Å². The second-order valence-electron chi connectivity index (χ2n) is 8.21. The van der Waals surface area contributed by atoms with Crippen LogP contribution in [0.4, 0.5) is 5.69 Å². The van der Waals surface area contributed by atoms with E-state index in [0.29, 0.717) is 0 Å². The summed E-state index contributed by atoms with van der Waals surface area (Å²) in [6.45, 7) is 2.80. The van der Waals surface area contributed by atoms with Crippen LogP contribution in [0.1, 0.15) is 23.1 Å². The number of likely N-dealkylation sites (tertiary alicyclic amines) is 1. The molecule has 0 saturated carbocycles. The zero-order valence-electron chi connectivity index (χ0n) is 16.4. The normalized spacial score (nSPS) is 24.1. The third-order valence-corrected chi connectivity index (χ3v) is 6.53. The fraction of sp³-hybridized carbons (Fsp3) is 0.280. The number of rotatable bonds is 4. The van der Waals surface area contributed by atoms with Crippen molar-refractivity contribution in [2.24, 2.45) is 5.92 Å². The standard InChI is InChI=1S/C25H25N3O/c29-24-25(21-9-2-1-3-10-21,15-20-8-4-5-11-23(20)27-24)22-12-14-28(18-22)17-19-7-6-13-26-16-19/h1-11,13,16,22H,12,14-15,17-18H2,(H,27,29)/t22-,25?/m1/s1.